The molecule has 0 heterocycles. The van der Waals surface area contributed by atoms with Crippen LogP contribution < -0.4 is 10.1 Å². The fourth-order valence-corrected chi connectivity index (χ4v) is 2.11. The molecule has 0 bridgehead atoms. The van der Waals surface area contributed by atoms with Gasteiger partial charge in [-0.3, -0.25) is 0 Å². The number of benzene rings is 1. The molecule has 0 unspecified atom stereocenters. The molecule has 2 N–H and O–H groups in total. The Kier molecular flexibility index (Phi) is 7.42. The monoisotopic (exact) mass is 329 g/mol. The number of aliphatic hydroxyl groups is 1. The van der Waals surface area contributed by atoms with E-state index in [9.17, 15) is 0 Å². The van der Waals surface area contributed by atoms with E-state index in [0.29, 0.717) is 6.61 Å². The first-order valence-electron chi connectivity index (χ1n) is 6.73. The summed E-state index contributed by atoms with van der Waals surface area (Å²) in [6, 6.07) is 7.85. The van der Waals surface area contributed by atoms with Crippen molar-refractivity contribution >= 4 is 15.9 Å². The van der Waals surface area contributed by atoms with Crippen molar-refractivity contribution in [3.63, 3.8) is 0 Å². The van der Waals surface area contributed by atoms with E-state index < -0.39 is 0 Å². The van der Waals surface area contributed by atoms with Crippen LogP contribution in [0, 0.1) is 5.41 Å². The van der Waals surface area contributed by atoms with E-state index in [2.05, 4.69) is 35.1 Å². The molecule has 19 heavy (non-hydrogen) atoms. The number of aliphatic hydroxyl groups excluding tert-OH is 1. The van der Waals surface area contributed by atoms with E-state index >= 15 is 0 Å². The molecule has 1 aromatic rings. The normalized spacial score (nSPS) is 11.6. The van der Waals surface area contributed by atoms with Crippen LogP contribution in [0.15, 0.2) is 28.7 Å². The second-order valence-corrected chi connectivity index (χ2v) is 6.39. The highest BCUT2D eigenvalue weighted by Gasteiger charge is 2.16. The van der Waals surface area contributed by atoms with Crippen molar-refractivity contribution in [2.45, 2.75) is 26.7 Å². The summed E-state index contributed by atoms with van der Waals surface area (Å²) >= 11 is 3.40. The number of ether oxygens (including phenoxy) is 1. The van der Waals surface area contributed by atoms with Gasteiger partial charge in [0.25, 0.3) is 0 Å². The highest BCUT2D eigenvalue weighted by Crippen LogP contribution is 2.20. The molecule has 0 atom stereocenters. The van der Waals surface area contributed by atoms with E-state index in [4.69, 9.17) is 9.84 Å². The van der Waals surface area contributed by atoms with Gasteiger partial charge >= 0.3 is 0 Å². The Morgan fingerprint density at radius 1 is 1.26 bits per heavy atom. The quantitative estimate of drug-likeness (QED) is 0.683. The van der Waals surface area contributed by atoms with Crippen molar-refractivity contribution in [3.05, 3.63) is 28.7 Å². The van der Waals surface area contributed by atoms with Gasteiger partial charge in [0.1, 0.15) is 12.4 Å². The van der Waals surface area contributed by atoms with Crippen molar-refractivity contribution < 1.29 is 9.84 Å². The summed E-state index contributed by atoms with van der Waals surface area (Å²) in [6.07, 6.45) is 1.90. The molecule has 0 spiro atoms. The molecule has 0 aliphatic heterocycles. The molecule has 0 fully saturated rings. The minimum absolute atomic E-state index is 0.223. The maximum Gasteiger partial charge on any atom is 0.119 e. The van der Waals surface area contributed by atoms with Gasteiger partial charge in [-0.05, 0) is 42.5 Å². The number of nitrogens with one attached hydrogen (secondary N) is 1. The second-order valence-electron chi connectivity index (χ2n) is 5.47. The number of hydrogen-bond acceptors (Lipinski definition) is 3. The topological polar surface area (TPSA) is 41.5 Å². The van der Waals surface area contributed by atoms with E-state index in [-0.39, 0.29) is 12.0 Å². The fourth-order valence-electron chi connectivity index (χ4n) is 1.84. The molecular formula is C15H24BrNO2. The van der Waals surface area contributed by atoms with Gasteiger partial charge in [-0.2, -0.15) is 0 Å². The molecule has 108 valence electrons. The molecule has 0 saturated heterocycles. The van der Waals surface area contributed by atoms with Crippen LogP contribution in [-0.4, -0.2) is 31.4 Å². The predicted molar refractivity (Wildman–Crippen MR) is 82.6 cm³/mol. The predicted octanol–water partition coefficient (Wildman–Crippen LogP) is 3.22. The molecule has 0 aliphatic carbocycles. The number of hydrogen-bond donors (Lipinski definition) is 2. The molecule has 0 aromatic heterocycles. The maximum atomic E-state index is 8.84. The van der Waals surface area contributed by atoms with Crippen LogP contribution in [0.5, 0.6) is 5.75 Å². The highest BCUT2D eigenvalue weighted by atomic mass is 79.9. The third-order valence-corrected chi connectivity index (χ3v) is 3.51. The zero-order valence-electron chi connectivity index (χ0n) is 11.8. The summed E-state index contributed by atoms with van der Waals surface area (Å²) < 4.78 is 6.69. The molecule has 1 aromatic carbocycles. The molecule has 0 radical (unpaired) electrons. The van der Waals surface area contributed by atoms with Gasteiger partial charge in [-0.15, -0.1) is 0 Å². The zero-order chi connectivity index (χ0) is 14.1. The molecule has 4 heteroatoms. The fraction of sp³-hybridized carbons (Fsp3) is 0.600. The largest absolute Gasteiger partial charge is 0.492 e. The van der Waals surface area contributed by atoms with Gasteiger partial charge in [0.15, 0.2) is 0 Å². The number of rotatable bonds is 9. The van der Waals surface area contributed by atoms with Gasteiger partial charge < -0.3 is 15.2 Å². The lowest BCUT2D eigenvalue weighted by atomic mass is 9.88. The smallest absolute Gasteiger partial charge is 0.119 e. The third kappa shape index (κ3) is 7.55. The van der Waals surface area contributed by atoms with Gasteiger partial charge in [-0.1, -0.05) is 29.8 Å². The Balaban J connectivity index is 2.12. The van der Waals surface area contributed by atoms with Gasteiger partial charge in [0, 0.05) is 24.2 Å². The number of halogens is 1. The van der Waals surface area contributed by atoms with Gasteiger partial charge in [0.2, 0.25) is 0 Å². The second kappa shape index (κ2) is 8.56. The van der Waals surface area contributed by atoms with Crippen molar-refractivity contribution in [3.8, 4) is 5.75 Å². The van der Waals surface area contributed by atoms with Crippen LogP contribution in [0.25, 0.3) is 0 Å². The Bertz CT molecular complexity index is 352. The van der Waals surface area contributed by atoms with Crippen LogP contribution in [0.4, 0.5) is 0 Å². The maximum absolute atomic E-state index is 8.84. The lowest BCUT2D eigenvalue weighted by molar-refractivity contribution is 0.231. The summed E-state index contributed by atoms with van der Waals surface area (Å²) in [5.41, 5.74) is 0.223. The highest BCUT2D eigenvalue weighted by molar-refractivity contribution is 9.10. The molecule has 0 aliphatic rings. The summed E-state index contributed by atoms with van der Waals surface area (Å²) in [5.74, 6) is 0.893. The Hall–Kier alpha value is -0.580. The SMILES string of the molecule is CC(C)(CCCO)CNCCOc1ccc(Br)cc1. The first-order chi connectivity index (χ1) is 9.03. The lowest BCUT2D eigenvalue weighted by Crippen LogP contribution is -2.32. The molecular weight excluding hydrogens is 306 g/mol. The van der Waals surface area contributed by atoms with E-state index in [1.54, 1.807) is 0 Å². The van der Waals surface area contributed by atoms with Gasteiger partial charge in [-0.25, -0.2) is 0 Å². The molecule has 1 rings (SSSR count). The van der Waals surface area contributed by atoms with Gasteiger partial charge in [0.05, 0.1) is 0 Å². The Morgan fingerprint density at radius 3 is 2.58 bits per heavy atom. The summed E-state index contributed by atoms with van der Waals surface area (Å²) in [6.45, 7) is 7.14. The van der Waals surface area contributed by atoms with Crippen LogP contribution in [-0.2, 0) is 0 Å². The van der Waals surface area contributed by atoms with E-state index in [1.807, 2.05) is 24.3 Å². The zero-order valence-corrected chi connectivity index (χ0v) is 13.4. The standard InChI is InChI=1S/C15H24BrNO2/c1-15(2,8-3-10-18)12-17-9-11-19-14-6-4-13(16)5-7-14/h4-7,17-18H,3,8-12H2,1-2H3. The van der Waals surface area contributed by atoms with Crippen molar-refractivity contribution in [2.75, 3.05) is 26.3 Å². The first kappa shape index (κ1) is 16.5. The van der Waals surface area contributed by atoms with Crippen molar-refractivity contribution in [1.29, 1.82) is 0 Å². The summed E-state index contributed by atoms with van der Waals surface area (Å²) in [7, 11) is 0. The average Bonchev–Trinajstić information content (AvgIpc) is 2.38. The van der Waals surface area contributed by atoms with E-state index in [1.165, 1.54) is 0 Å². The van der Waals surface area contributed by atoms with Crippen LogP contribution in [0.3, 0.4) is 0 Å². The first-order valence-corrected chi connectivity index (χ1v) is 7.53. The minimum Gasteiger partial charge on any atom is -0.492 e. The van der Waals surface area contributed by atoms with E-state index in [0.717, 1.165) is 36.2 Å². The van der Waals surface area contributed by atoms with Crippen LogP contribution in [0.1, 0.15) is 26.7 Å². The van der Waals surface area contributed by atoms with Crippen LogP contribution >= 0.6 is 15.9 Å². The van der Waals surface area contributed by atoms with Crippen molar-refractivity contribution in [2.24, 2.45) is 5.41 Å². The summed E-state index contributed by atoms with van der Waals surface area (Å²) in [5, 5.41) is 12.2. The molecule has 0 saturated carbocycles. The lowest BCUT2D eigenvalue weighted by Gasteiger charge is -2.24. The average molecular weight is 330 g/mol. The Labute approximate surface area is 124 Å². The minimum atomic E-state index is 0.223. The summed E-state index contributed by atoms with van der Waals surface area (Å²) in [4.78, 5) is 0. The molecule has 3 nitrogen and oxygen atoms in total. The van der Waals surface area contributed by atoms with Crippen LogP contribution in [0.2, 0.25) is 0 Å². The third-order valence-electron chi connectivity index (χ3n) is 2.98. The molecule has 0 amide bonds. The van der Waals surface area contributed by atoms with Crippen molar-refractivity contribution in [1.82, 2.24) is 5.32 Å². The Morgan fingerprint density at radius 2 is 1.95 bits per heavy atom.